The van der Waals surface area contributed by atoms with Gasteiger partial charge in [-0.15, -0.1) is 0 Å². The van der Waals surface area contributed by atoms with Crippen LogP contribution in [0.2, 0.25) is 0 Å². The molecule has 1 aliphatic heterocycles. The van der Waals surface area contributed by atoms with Gasteiger partial charge in [0.25, 0.3) is 11.8 Å². The quantitative estimate of drug-likeness (QED) is 0.0985. The molecule has 0 aliphatic carbocycles. The van der Waals surface area contributed by atoms with Crippen molar-refractivity contribution in [3.8, 4) is 5.75 Å². The minimum atomic E-state index is -0.588. The largest absolute Gasteiger partial charge is 0.497 e. The van der Waals surface area contributed by atoms with Crippen LogP contribution in [0.4, 0.5) is 17.1 Å². The minimum Gasteiger partial charge on any atom is -0.497 e. The second kappa shape index (κ2) is 17.3. The maximum atomic E-state index is 13.5. The van der Waals surface area contributed by atoms with Gasteiger partial charge in [-0.25, -0.2) is 0 Å². The van der Waals surface area contributed by atoms with E-state index in [9.17, 15) is 14.4 Å². The number of aromatic nitrogens is 1. The molecular weight excluding hydrogens is 699 g/mol. The van der Waals surface area contributed by atoms with Crippen molar-refractivity contribution >= 4 is 45.6 Å². The lowest BCUT2D eigenvalue weighted by atomic mass is 9.96. The van der Waals surface area contributed by atoms with E-state index in [2.05, 4.69) is 27.0 Å². The van der Waals surface area contributed by atoms with E-state index in [0.29, 0.717) is 23.4 Å². The number of Topliss-reactive ketones (excluding diaryl/α,β-unsaturated/α-hetero) is 1. The van der Waals surface area contributed by atoms with E-state index < -0.39 is 12.1 Å². The van der Waals surface area contributed by atoms with Crippen LogP contribution >= 0.6 is 0 Å². The fourth-order valence-corrected chi connectivity index (χ4v) is 6.97. The Hall–Kier alpha value is -7.13. The van der Waals surface area contributed by atoms with E-state index >= 15 is 0 Å². The molecule has 0 spiro atoms. The Labute approximate surface area is 326 Å². The summed E-state index contributed by atoms with van der Waals surface area (Å²) in [5.41, 5.74) is 7.66. The number of amides is 2. The predicted octanol–water partition coefficient (Wildman–Crippen LogP) is 9.00. The van der Waals surface area contributed by atoms with E-state index in [1.54, 1.807) is 38.6 Å². The van der Waals surface area contributed by atoms with Crippen LogP contribution in [0.5, 0.6) is 5.75 Å². The van der Waals surface area contributed by atoms with E-state index in [0.717, 1.165) is 45.6 Å². The summed E-state index contributed by atoms with van der Waals surface area (Å²) >= 11 is 0. The van der Waals surface area contributed by atoms with Crippen LogP contribution in [0.25, 0.3) is 10.9 Å². The van der Waals surface area contributed by atoms with E-state index in [1.165, 1.54) is 5.56 Å². The second-order valence-corrected chi connectivity index (χ2v) is 13.3. The fraction of sp³-hybridized carbons (Fsp3) is 0.128. The van der Waals surface area contributed by atoms with Crippen molar-refractivity contribution in [3.63, 3.8) is 0 Å². The van der Waals surface area contributed by atoms with Gasteiger partial charge in [0.15, 0.2) is 5.78 Å². The average molecular weight is 742 g/mol. The van der Waals surface area contributed by atoms with Crippen LogP contribution < -0.4 is 25.6 Å². The van der Waals surface area contributed by atoms with Crippen LogP contribution in [-0.4, -0.2) is 43.3 Å². The zero-order chi connectivity index (χ0) is 38.9. The first kappa shape index (κ1) is 37.2. The highest BCUT2D eigenvalue weighted by molar-refractivity contribution is 6.11. The first-order chi connectivity index (χ1) is 27.4. The number of methoxy groups -OCH3 is 1. The number of ketones is 1. The number of hydrogen-bond donors (Lipinski definition) is 4. The SMILES string of the molecule is CNC(=O)c1cccc(NC(C(=O)c2c[nH]c3ccccc23)c2ccccc2)c1.COc1cccc(NC(C(=O)N2CCc3ccccc32)c2ccccc2)c1. The van der Waals surface area contributed by atoms with Gasteiger partial charge in [0.2, 0.25) is 0 Å². The molecule has 2 atom stereocenters. The highest BCUT2D eigenvalue weighted by atomic mass is 16.5. The molecule has 7 aromatic rings. The summed E-state index contributed by atoms with van der Waals surface area (Å²) in [6.07, 6.45) is 2.65. The third-order valence-electron chi connectivity index (χ3n) is 9.83. The number of rotatable bonds is 11. The number of nitrogens with one attached hydrogen (secondary N) is 4. The van der Waals surface area contributed by atoms with Crippen molar-refractivity contribution in [1.29, 1.82) is 0 Å². The molecule has 1 aromatic heterocycles. The van der Waals surface area contributed by atoms with E-state index in [-0.39, 0.29) is 17.6 Å². The van der Waals surface area contributed by atoms with Crippen molar-refractivity contribution in [2.45, 2.75) is 18.5 Å². The summed E-state index contributed by atoms with van der Waals surface area (Å²) in [4.78, 5) is 44.1. The predicted molar refractivity (Wildman–Crippen MR) is 224 cm³/mol. The number of ether oxygens (including phenoxy) is 1. The Morgan fingerprint density at radius 1 is 0.679 bits per heavy atom. The fourth-order valence-electron chi connectivity index (χ4n) is 6.97. The molecule has 280 valence electrons. The monoisotopic (exact) mass is 741 g/mol. The first-order valence-electron chi connectivity index (χ1n) is 18.5. The average Bonchev–Trinajstić information content (AvgIpc) is 3.90. The number of para-hydroxylation sites is 2. The Morgan fingerprint density at radius 3 is 2.04 bits per heavy atom. The number of fused-ring (bicyclic) bond motifs is 2. The zero-order valence-corrected chi connectivity index (χ0v) is 31.2. The molecule has 2 unspecified atom stereocenters. The van der Waals surface area contributed by atoms with Crippen LogP contribution in [0.1, 0.15) is 49.5 Å². The summed E-state index contributed by atoms with van der Waals surface area (Å²) in [6.45, 7) is 0.710. The van der Waals surface area contributed by atoms with Gasteiger partial charge in [-0.05, 0) is 65.6 Å². The molecule has 9 heteroatoms. The lowest BCUT2D eigenvalue weighted by Gasteiger charge is -2.26. The molecule has 4 N–H and O–H groups in total. The van der Waals surface area contributed by atoms with Crippen molar-refractivity contribution in [3.05, 3.63) is 192 Å². The smallest absolute Gasteiger partial charge is 0.254 e. The zero-order valence-electron chi connectivity index (χ0n) is 31.2. The van der Waals surface area contributed by atoms with Crippen molar-refractivity contribution in [2.24, 2.45) is 0 Å². The number of benzene rings is 6. The van der Waals surface area contributed by atoms with Crippen molar-refractivity contribution < 1.29 is 19.1 Å². The van der Waals surface area contributed by atoms with Gasteiger partial charge in [0.05, 0.1) is 7.11 Å². The third kappa shape index (κ3) is 8.32. The van der Waals surface area contributed by atoms with Crippen LogP contribution in [0, 0.1) is 0 Å². The third-order valence-corrected chi connectivity index (χ3v) is 9.83. The van der Waals surface area contributed by atoms with Crippen molar-refractivity contribution in [2.75, 3.05) is 36.2 Å². The van der Waals surface area contributed by atoms with E-state index in [4.69, 9.17) is 4.74 Å². The van der Waals surface area contributed by atoms with Crippen molar-refractivity contribution in [1.82, 2.24) is 10.3 Å². The highest BCUT2D eigenvalue weighted by Crippen LogP contribution is 2.33. The number of carbonyl (C=O) groups excluding carboxylic acids is 3. The summed E-state index contributed by atoms with van der Waals surface area (Å²) in [5, 5.41) is 10.2. The summed E-state index contributed by atoms with van der Waals surface area (Å²) in [5.74, 6) is 0.589. The standard InChI is InChI=1S/C24H21N3O2.C23H22N2O2/c1-25-24(29)17-10-7-11-18(14-17)27-22(16-8-3-2-4-9-16)23(28)20-15-26-21-13-6-5-12-19(20)21;1-27-20-12-7-11-19(16-20)24-22(18-9-3-2-4-10-18)23(26)25-15-14-17-8-5-6-13-21(17)25/h2-15,22,26-27H,1H3,(H,25,29);2-13,16,22,24H,14-15H2,1H3. The topological polar surface area (TPSA) is 116 Å². The highest BCUT2D eigenvalue weighted by Gasteiger charge is 2.31. The minimum absolute atomic E-state index is 0.0426. The number of H-pyrrole nitrogens is 1. The molecule has 2 amide bonds. The van der Waals surface area contributed by atoms with Gasteiger partial charge < -0.3 is 30.6 Å². The molecule has 1 aliphatic rings. The Bertz CT molecular complexity index is 2450. The Kier molecular flexibility index (Phi) is 11.5. The number of carbonyl (C=O) groups is 3. The maximum absolute atomic E-state index is 13.5. The molecular formula is C47H43N5O4. The van der Waals surface area contributed by atoms with E-state index in [1.807, 2.05) is 138 Å². The van der Waals surface area contributed by atoms with Gasteiger partial charge in [0, 0.05) is 64.9 Å². The van der Waals surface area contributed by atoms with Gasteiger partial charge in [-0.1, -0.05) is 109 Å². The number of anilines is 3. The van der Waals surface area contributed by atoms with Gasteiger partial charge >= 0.3 is 0 Å². The molecule has 0 saturated carbocycles. The van der Waals surface area contributed by atoms with Gasteiger partial charge in [0.1, 0.15) is 17.8 Å². The lowest BCUT2D eigenvalue weighted by Crippen LogP contribution is -2.37. The summed E-state index contributed by atoms with van der Waals surface area (Å²) < 4.78 is 5.31. The van der Waals surface area contributed by atoms with Gasteiger partial charge in [-0.3, -0.25) is 14.4 Å². The first-order valence-corrected chi connectivity index (χ1v) is 18.5. The van der Waals surface area contributed by atoms with Gasteiger partial charge in [-0.2, -0.15) is 0 Å². The summed E-state index contributed by atoms with van der Waals surface area (Å²) in [6, 6.07) is 49.0. The number of aromatic amines is 1. The molecule has 9 nitrogen and oxygen atoms in total. The molecule has 6 aromatic carbocycles. The van der Waals surface area contributed by atoms with Crippen LogP contribution in [0.3, 0.4) is 0 Å². The molecule has 0 saturated heterocycles. The molecule has 0 radical (unpaired) electrons. The number of nitrogens with zero attached hydrogens (tertiary/aromatic N) is 1. The van der Waals surface area contributed by atoms with Crippen LogP contribution in [0.15, 0.2) is 164 Å². The number of hydrogen-bond acceptors (Lipinski definition) is 6. The molecule has 0 fully saturated rings. The molecule has 56 heavy (non-hydrogen) atoms. The molecule has 0 bridgehead atoms. The maximum Gasteiger partial charge on any atom is 0.254 e. The Balaban J connectivity index is 0.000000172. The normalized spacial score (nSPS) is 12.7. The molecule has 2 heterocycles. The molecule has 8 rings (SSSR count). The van der Waals surface area contributed by atoms with Crippen LogP contribution in [-0.2, 0) is 11.2 Å². The Morgan fingerprint density at radius 2 is 1.30 bits per heavy atom. The second-order valence-electron chi connectivity index (χ2n) is 13.3. The lowest BCUT2D eigenvalue weighted by molar-refractivity contribution is -0.119. The summed E-state index contributed by atoms with van der Waals surface area (Å²) in [7, 11) is 3.23.